The summed E-state index contributed by atoms with van der Waals surface area (Å²) >= 11 is 0. The second kappa shape index (κ2) is 6.42. The van der Waals surface area contributed by atoms with Gasteiger partial charge >= 0.3 is 5.97 Å². The molecule has 0 spiro atoms. The summed E-state index contributed by atoms with van der Waals surface area (Å²) in [7, 11) is 0. The Morgan fingerprint density at radius 1 is 1.00 bits per heavy atom. The van der Waals surface area contributed by atoms with Crippen LogP contribution in [-0.2, 0) is 9.59 Å². The summed E-state index contributed by atoms with van der Waals surface area (Å²) in [6, 6.07) is 8.12. The van der Waals surface area contributed by atoms with Crippen molar-refractivity contribution in [3.8, 4) is 0 Å². The van der Waals surface area contributed by atoms with Crippen LogP contribution in [0.25, 0.3) is 0 Å². The largest absolute Gasteiger partial charge is 0.481 e. The van der Waals surface area contributed by atoms with Gasteiger partial charge in [-0.1, -0.05) is 50.3 Å². The molecule has 2 aliphatic carbocycles. The summed E-state index contributed by atoms with van der Waals surface area (Å²) in [5, 5.41) is 12.5. The monoisotopic (exact) mass is 327 g/mol. The van der Waals surface area contributed by atoms with Gasteiger partial charge in [0.1, 0.15) is 0 Å². The highest BCUT2D eigenvalue weighted by atomic mass is 16.4. The summed E-state index contributed by atoms with van der Waals surface area (Å²) < 4.78 is 0. The molecule has 1 fully saturated rings. The van der Waals surface area contributed by atoms with Gasteiger partial charge in [-0.25, -0.2) is 0 Å². The lowest BCUT2D eigenvalue weighted by molar-refractivity contribution is -0.148. The number of hydrogen-bond donors (Lipinski definition) is 2. The van der Waals surface area contributed by atoms with E-state index in [0.29, 0.717) is 5.92 Å². The first-order valence-electron chi connectivity index (χ1n) is 8.70. The predicted octanol–water partition coefficient (Wildman–Crippen LogP) is 3.51. The highest BCUT2D eigenvalue weighted by molar-refractivity contribution is 5.87. The molecule has 24 heavy (non-hydrogen) atoms. The normalized spacial score (nSPS) is 29.0. The van der Waals surface area contributed by atoms with Crippen LogP contribution in [0.3, 0.4) is 0 Å². The van der Waals surface area contributed by atoms with E-state index < -0.39 is 17.8 Å². The molecule has 4 nitrogen and oxygen atoms in total. The van der Waals surface area contributed by atoms with Crippen molar-refractivity contribution in [2.75, 3.05) is 0 Å². The number of carbonyl (C=O) groups is 2. The zero-order chi connectivity index (χ0) is 17.4. The van der Waals surface area contributed by atoms with Crippen LogP contribution in [0.5, 0.6) is 0 Å². The molecule has 1 aromatic carbocycles. The van der Waals surface area contributed by atoms with Gasteiger partial charge in [0.2, 0.25) is 5.91 Å². The fourth-order valence-electron chi connectivity index (χ4n) is 4.08. The van der Waals surface area contributed by atoms with E-state index in [1.54, 1.807) is 0 Å². The first kappa shape index (κ1) is 16.7. The van der Waals surface area contributed by atoms with E-state index in [1.807, 2.05) is 31.2 Å². The molecule has 0 saturated heterocycles. The van der Waals surface area contributed by atoms with E-state index in [1.165, 1.54) is 5.56 Å². The summed E-state index contributed by atoms with van der Waals surface area (Å²) in [6.45, 7) is 6.24. The third kappa shape index (κ3) is 2.97. The highest BCUT2D eigenvalue weighted by Gasteiger charge is 2.51. The minimum absolute atomic E-state index is 0.00359. The van der Waals surface area contributed by atoms with Crippen LogP contribution < -0.4 is 5.32 Å². The second-order valence-electron chi connectivity index (χ2n) is 7.39. The fraction of sp³-hybridized carbons (Fsp3) is 0.500. The number of nitrogens with one attached hydrogen (secondary N) is 1. The molecular formula is C20H25NO3. The number of hydrogen-bond acceptors (Lipinski definition) is 2. The van der Waals surface area contributed by atoms with E-state index in [9.17, 15) is 14.7 Å². The number of allylic oxidation sites excluding steroid dienone is 2. The molecular weight excluding hydrogens is 302 g/mol. The second-order valence-corrected chi connectivity index (χ2v) is 7.39. The molecule has 0 unspecified atom stereocenters. The van der Waals surface area contributed by atoms with Crippen molar-refractivity contribution in [2.45, 2.75) is 39.2 Å². The molecule has 0 radical (unpaired) electrons. The zero-order valence-electron chi connectivity index (χ0n) is 14.4. The quantitative estimate of drug-likeness (QED) is 0.813. The molecule has 4 heteroatoms. The molecule has 2 bridgehead atoms. The first-order valence-corrected chi connectivity index (χ1v) is 8.70. The Bertz CT molecular complexity index is 662. The zero-order valence-corrected chi connectivity index (χ0v) is 14.4. The van der Waals surface area contributed by atoms with Gasteiger partial charge in [0.25, 0.3) is 0 Å². The minimum atomic E-state index is -0.860. The van der Waals surface area contributed by atoms with Crippen molar-refractivity contribution in [1.82, 2.24) is 5.32 Å². The molecule has 2 N–H and O–H groups in total. The molecule has 128 valence electrons. The molecule has 1 saturated carbocycles. The van der Waals surface area contributed by atoms with Gasteiger partial charge in [0.05, 0.1) is 17.9 Å². The van der Waals surface area contributed by atoms with Crippen molar-refractivity contribution < 1.29 is 14.7 Å². The van der Waals surface area contributed by atoms with Crippen LogP contribution in [0, 0.1) is 23.7 Å². The van der Waals surface area contributed by atoms with Crippen molar-refractivity contribution >= 4 is 11.9 Å². The van der Waals surface area contributed by atoms with Crippen LogP contribution in [0.1, 0.15) is 50.3 Å². The third-order valence-corrected chi connectivity index (χ3v) is 5.51. The average Bonchev–Trinajstić information content (AvgIpc) is 3.15. The lowest BCUT2D eigenvalue weighted by atomic mass is 9.82. The summed E-state index contributed by atoms with van der Waals surface area (Å²) in [4.78, 5) is 24.3. The maximum atomic E-state index is 12.7. The third-order valence-electron chi connectivity index (χ3n) is 5.51. The lowest BCUT2D eigenvalue weighted by Gasteiger charge is -2.26. The molecule has 0 heterocycles. The number of amides is 1. The van der Waals surface area contributed by atoms with Gasteiger partial charge < -0.3 is 10.4 Å². The van der Waals surface area contributed by atoms with Crippen LogP contribution in [0.4, 0.5) is 0 Å². The lowest BCUT2D eigenvalue weighted by Crippen LogP contribution is -2.41. The number of benzene rings is 1. The van der Waals surface area contributed by atoms with E-state index in [4.69, 9.17) is 0 Å². The number of carboxylic acid groups (broad SMARTS) is 1. The fourth-order valence-corrected chi connectivity index (χ4v) is 4.08. The first-order chi connectivity index (χ1) is 11.4. The predicted molar refractivity (Wildman–Crippen MR) is 92.4 cm³/mol. The van der Waals surface area contributed by atoms with E-state index in [0.717, 1.165) is 12.0 Å². The molecule has 0 aromatic heterocycles. The topological polar surface area (TPSA) is 66.4 Å². The Balaban J connectivity index is 1.70. The molecule has 0 aliphatic heterocycles. The maximum Gasteiger partial charge on any atom is 0.307 e. The van der Waals surface area contributed by atoms with Crippen molar-refractivity contribution in [3.05, 3.63) is 47.5 Å². The minimum Gasteiger partial charge on any atom is -0.481 e. The Labute approximate surface area is 143 Å². The summed E-state index contributed by atoms with van der Waals surface area (Å²) in [6.07, 6.45) is 4.75. The highest BCUT2D eigenvalue weighted by Crippen LogP contribution is 2.48. The summed E-state index contributed by atoms with van der Waals surface area (Å²) in [5.74, 6) is -1.50. The Kier molecular flexibility index (Phi) is 4.48. The maximum absolute atomic E-state index is 12.7. The number of rotatable bonds is 5. The molecule has 3 rings (SSSR count). The Morgan fingerprint density at radius 2 is 1.54 bits per heavy atom. The Hall–Kier alpha value is -2.10. The number of fused-ring (bicyclic) bond motifs is 2. The van der Waals surface area contributed by atoms with Gasteiger partial charge in [-0.3, -0.25) is 9.59 Å². The number of aliphatic carboxylic acids is 1. The van der Waals surface area contributed by atoms with Gasteiger partial charge in [-0.2, -0.15) is 0 Å². The van der Waals surface area contributed by atoms with Crippen LogP contribution >= 0.6 is 0 Å². The standard InChI is InChI=1S/C20H25NO3/c1-11(2)13-4-6-14(7-5-13)12(3)21-19(22)17-15-8-9-16(10-15)18(17)20(23)24/h4-9,11-12,15-18H,10H2,1-3H3,(H,21,22)(H,23,24)/t12-,15+,16+,17-,18+/m1/s1. The van der Waals surface area contributed by atoms with Crippen LogP contribution in [0.15, 0.2) is 36.4 Å². The number of carboxylic acids is 1. The van der Waals surface area contributed by atoms with Crippen LogP contribution in [0.2, 0.25) is 0 Å². The van der Waals surface area contributed by atoms with Gasteiger partial charge in [-0.15, -0.1) is 0 Å². The van der Waals surface area contributed by atoms with Crippen molar-refractivity contribution in [3.63, 3.8) is 0 Å². The van der Waals surface area contributed by atoms with Gasteiger partial charge in [0, 0.05) is 0 Å². The smallest absolute Gasteiger partial charge is 0.307 e. The van der Waals surface area contributed by atoms with Gasteiger partial charge in [-0.05, 0) is 42.2 Å². The van der Waals surface area contributed by atoms with E-state index in [-0.39, 0.29) is 23.8 Å². The van der Waals surface area contributed by atoms with Crippen molar-refractivity contribution in [1.29, 1.82) is 0 Å². The van der Waals surface area contributed by atoms with Crippen LogP contribution in [-0.4, -0.2) is 17.0 Å². The van der Waals surface area contributed by atoms with E-state index >= 15 is 0 Å². The van der Waals surface area contributed by atoms with E-state index in [2.05, 4.69) is 31.3 Å². The Morgan fingerprint density at radius 3 is 2.08 bits per heavy atom. The molecule has 1 aromatic rings. The summed E-state index contributed by atoms with van der Waals surface area (Å²) in [5.41, 5.74) is 2.31. The van der Waals surface area contributed by atoms with Crippen molar-refractivity contribution in [2.24, 2.45) is 23.7 Å². The number of carbonyl (C=O) groups excluding carboxylic acids is 1. The molecule has 5 atom stereocenters. The molecule has 1 amide bonds. The SMILES string of the molecule is CC(C)c1ccc([C@@H](C)NC(=O)[C@H]2[C@@H](C(=O)O)[C@H]3C=C[C@H]2C3)cc1. The molecule has 2 aliphatic rings. The van der Waals surface area contributed by atoms with Gasteiger partial charge in [0.15, 0.2) is 0 Å². The average molecular weight is 327 g/mol.